The van der Waals surface area contributed by atoms with Gasteiger partial charge in [-0.3, -0.25) is 0 Å². The highest BCUT2D eigenvalue weighted by molar-refractivity contribution is 7.99. The molecule has 6 heteroatoms. The van der Waals surface area contributed by atoms with Crippen molar-refractivity contribution in [2.45, 2.75) is 50.5 Å². The van der Waals surface area contributed by atoms with E-state index in [4.69, 9.17) is 12.2 Å². The Morgan fingerprint density at radius 1 is 1.03 bits per heavy atom. The molecule has 0 fully saturated rings. The molecule has 0 spiro atoms. The van der Waals surface area contributed by atoms with Gasteiger partial charge in [-0.1, -0.05) is 69.9 Å². The summed E-state index contributed by atoms with van der Waals surface area (Å²) in [5, 5.41) is 3.42. The summed E-state index contributed by atoms with van der Waals surface area (Å²) >= 11 is 7.54. The van der Waals surface area contributed by atoms with Crippen LogP contribution in [0.1, 0.15) is 40.2 Å². The minimum atomic E-state index is 0. The number of hydrogen-bond donors (Lipinski definition) is 1. The Kier molecular flexibility index (Phi) is 9.48. The second-order valence-electron chi connectivity index (χ2n) is 8.06. The monoisotopic (exact) mass is 463 g/mol. The summed E-state index contributed by atoms with van der Waals surface area (Å²) < 4.78 is 0. The van der Waals surface area contributed by atoms with Crippen molar-refractivity contribution in [2.24, 2.45) is 5.92 Å². The first kappa shape index (κ1) is 25.0. The zero-order chi connectivity index (χ0) is 21.0. The van der Waals surface area contributed by atoms with Gasteiger partial charge in [0.2, 0.25) is 0 Å². The second kappa shape index (κ2) is 11.4. The van der Waals surface area contributed by atoms with Gasteiger partial charge < -0.3 is 15.1 Å². The number of rotatable bonds is 8. The van der Waals surface area contributed by atoms with Crippen molar-refractivity contribution in [3.8, 4) is 0 Å². The second-order valence-corrected chi connectivity index (χ2v) is 9.55. The van der Waals surface area contributed by atoms with Crippen LogP contribution < -0.4 is 10.2 Å². The SMILES string of the molecule is CCN(CC)CC(C)N1c2ccccc2Sc2ccc(C(=S)NCC(C)C)cc21.Cl. The van der Waals surface area contributed by atoms with E-state index in [2.05, 4.69) is 92.2 Å². The van der Waals surface area contributed by atoms with E-state index in [1.165, 1.54) is 21.2 Å². The van der Waals surface area contributed by atoms with Gasteiger partial charge in [-0.25, -0.2) is 0 Å². The number of likely N-dealkylation sites (N-methyl/N-ethyl adjacent to an activating group) is 1. The van der Waals surface area contributed by atoms with Gasteiger partial charge in [-0.15, -0.1) is 12.4 Å². The predicted molar refractivity (Wildman–Crippen MR) is 138 cm³/mol. The molecule has 2 aromatic carbocycles. The molecule has 1 aliphatic rings. The van der Waals surface area contributed by atoms with Crippen LogP contribution in [0.3, 0.4) is 0 Å². The summed E-state index contributed by atoms with van der Waals surface area (Å²) in [6.07, 6.45) is 0. The van der Waals surface area contributed by atoms with E-state index >= 15 is 0 Å². The molecule has 1 heterocycles. The third-order valence-corrected chi connectivity index (χ3v) is 6.86. The van der Waals surface area contributed by atoms with Gasteiger partial charge in [-0.05, 0) is 50.2 Å². The van der Waals surface area contributed by atoms with Crippen LogP contribution in [0.15, 0.2) is 52.3 Å². The van der Waals surface area contributed by atoms with Gasteiger partial charge in [0.1, 0.15) is 4.99 Å². The van der Waals surface area contributed by atoms with Gasteiger partial charge in [0.15, 0.2) is 0 Å². The minimum Gasteiger partial charge on any atom is -0.376 e. The molecule has 3 nitrogen and oxygen atoms in total. The van der Waals surface area contributed by atoms with Crippen molar-refractivity contribution >= 4 is 52.8 Å². The summed E-state index contributed by atoms with van der Waals surface area (Å²) in [7, 11) is 0. The molecule has 0 aliphatic carbocycles. The molecule has 2 aromatic rings. The lowest BCUT2D eigenvalue weighted by Crippen LogP contribution is -2.41. The van der Waals surface area contributed by atoms with E-state index in [0.717, 1.165) is 36.7 Å². The molecule has 1 N–H and O–H groups in total. The highest BCUT2D eigenvalue weighted by Gasteiger charge is 2.28. The number of thiocarbonyl (C=S) groups is 1. The number of halogens is 1. The molecule has 30 heavy (non-hydrogen) atoms. The fraction of sp³-hybridized carbons (Fsp3) is 0.458. The number of fused-ring (bicyclic) bond motifs is 2. The molecule has 1 atom stereocenters. The van der Waals surface area contributed by atoms with Crippen molar-refractivity contribution < 1.29 is 0 Å². The van der Waals surface area contributed by atoms with Gasteiger partial charge in [-0.2, -0.15) is 0 Å². The van der Waals surface area contributed by atoms with E-state index in [-0.39, 0.29) is 12.4 Å². The third-order valence-electron chi connectivity index (χ3n) is 5.35. The molecule has 0 aromatic heterocycles. The number of anilines is 2. The molecular weight excluding hydrogens is 430 g/mol. The standard InChI is InChI=1S/C24H33N3S2.ClH/c1-6-26(7-2)16-18(5)27-20-10-8-9-11-22(20)29-23-13-12-19(14-21(23)27)24(28)25-15-17(3)4;/h8-14,17-18H,6-7,15-16H2,1-5H3,(H,25,28);1H. The summed E-state index contributed by atoms with van der Waals surface area (Å²) in [6.45, 7) is 15.3. The normalized spacial score (nSPS) is 13.5. The van der Waals surface area contributed by atoms with E-state index in [0.29, 0.717) is 12.0 Å². The van der Waals surface area contributed by atoms with Crippen molar-refractivity contribution in [2.75, 3.05) is 31.1 Å². The zero-order valence-electron chi connectivity index (χ0n) is 18.6. The topological polar surface area (TPSA) is 18.5 Å². The summed E-state index contributed by atoms with van der Waals surface area (Å²) in [4.78, 5) is 8.45. The molecule has 1 aliphatic heterocycles. The fourth-order valence-electron chi connectivity index (χ4n) is 3.73. The largest absolute Gasteiger partial charge is 0.376 e. The zero-order valence-corrected chi connectivity index (χ0v) is 21.1. The van der Waals surface area contributed by atoms with Gasteiger partial charge in [0.05, 0.1) is 11.4 Å². The molecule has 0 amide bonds. The van der Waals surface area contributed by atoms with Crippen LogP contribution in [-0.4, -0.2) is 42.1 Å². The third kappa shape index (κ3) is 5.70. The Bertz CT molecular complexity index is 852. The smallest absolute Gasteiger partial charge is 0.106 e. The fourth-order valence-corrected chi connectivity index (χ4v) is 5.00. The van der Waals surface area contributed by atoms with Gasteiger partial charge >= 0.3 is 0 Å². The maximum atomic E-state index is 5.69. The number of para-hydroxylation sites is 1. The van der Waals surface area contributed by atoms with Crippen molar-refractivity contribution in [3.05, 3.63) is 48.0 Å². The first-order valence-electron chi connectivity index (χ1n) is 10.6. The molecular formula is C24H34ClN3S2. The maximum Gasteiger partial charge on any atom is 0.106 e. The van der Waals surface area contributed by atoms with Crippen molar-refractivity contribution in [1.29, 1.82) is 0 Å². The number of benzene rings is 2. The van der Waals surface area contributed by atoms with Crippen molar-refractivity contribution in [1.82, 2.24) is 10.2 Å². The quantitative estimate of drug-likeness (QED) is 0.457. The predicted octanol–water partition coefficient (Wildman–Crippen LogP) is 6.36. The van der Waals surface area contributed by atoms with Gasteiger partial charge in [0, 0.05) is 34.5 Å². The summed E-state index contributed by atoms with van der Waals surface area (Å²) in [5.41, 5.74) is 3.65. The van der Waals surface area contributed by atoms with Crippen molar-refractivity contribution in [3.63, 3.8) is 0 Å². The van der Waals surface area contributed by atoms with E-state index in [9.17, 15) is 0 Å². The lowest BCUT2D eigenvalue weighted by molar-refractivity contribution is 0.288. The molecule has 0 saturated carbocycles. The van der Waals surface area contributed by atoms with Crippen LogP contribution >= 0.6 is 36.4 Å². The Labute approximate surface area is 198 Å². The van der Waals surface area contributed by atoms with Crippen LogP contribution in [0.25, 0.3) is 0 Å². The molecule has 3 rings (SSSR count). The average Bonchev–Trinajstić information content (AvgIpc) is 2.73. The highest BCUT2D eigenvalue weighted by Crippen LogP contribution is 2.49. The van der Waals surface area contributed by atoms with E-state index < -0.39 is 0 Å². The van der Waals surface area contributed by atoms with Crippen LogP contribution in [0.4, 0.5) is 11.4 Å². The summed E-state index contributed by atoms with van der Waals surface area (Å²) in [6, 6.07) is 15.8. The Hall–Kier alpha value is -1.27. The number of nitrogens with zero attached hydrogens (tertiary/aromatic N) is 2. The minimum absolute atomic E-state index is 0. The lowest BCUT2D eigenvalue weighted by atomic mass is 10.1. The summed E-state index contributed by atoms with van der Waals surface area (Å²) in [5.74, 6) is 0.568. The van der Waals surface area contributed by atoms with Crippen LogP contribution in [-0.2, 0) is 0 Å². The van der Waals surface area contributed by atoms with Crippen LogP contribution in [0.2, 0.25) is 0 Å². The molecule has 0 bridgehead atoms. The number of hydrogen-bond acceptors (Lipinski definition) is 4. The maximum absolute atomic E-state index is 5.69. The Morgan fingerprint density at radius 2 is 1.70 bits per heavy atom. The number of nitrogens with one attached hydrogen (secondary N) is 1. The molecule has 164 valence electrons. The highest BCUT2D eigenvalue weighted by atomic mass is 35.5. The Morgan fingerprint density at radius 3 is 2.37 bits per heavy atom. The van der Waals surface area contributed by atoms with Crippen LogP contribution in [0.5, 0.6) is 0 Å². The average molecular weight is 464 g/mol. The van der Waals surface area contributed by atoms with Crippen LogP contribution in [0, 0.1) is 5.92 Å². The first-order chi connectivity index (χ1) is 13.9. The van der Waals surface area contributed by atoms with E-state index in [1.54, 1.807) is 0 Å². The first-order valence-corrected chi connectivity index (χ1v) is 11.9. The molecule has 1 unspecified atom stereocenters. The van der Waals surface area contributed by atoms with Gasteiger partial charge in [0.25, 0.3) is 0 Å². The molecule has 0 saturated heterocycles. The lowest BCUT2D eigenvalue weighted by Gasteiger charge is -2.39. The Balaban J connectivity index is 0.00000320. The van der Waals surface area contributed by atoms with E-state index in [1.807, 2.05) is 11.8 Å². The molecule has 0 radical (unpaired) electrons.